The van der Waals surface area contributed by atoms with Crippen molar-refractivity contribution < 1.29 is 4.42 Å². The van der Waals surface area contributed by atoms with Gasteiger partial charge in [0, 0.05) is 27.7 Å². The van der Waals surface area contributed by atoms with Gasteiger partial charge in [-0.3, -0.25) is 0 Å². The van der Waals surface area contributed by atoms with Crippen LogP contribution in [0.25, 0.3) is 65.7 Å². The second-order valence-corrected chi connectivity index (χ2v) is 11.8. The summed E-state index contributed by atoms with van der Waals surface area (Å²) >= 11 is 0. The van der Waals surface area contributed by atoms with Crippen molar-refractivity contribution in [1.29, 1.82) is 0 Å². The summed E-state index contributed by atoms with van der Waals surface area (Å²) in [7, 11) is 0. The molecule has 8 aromatic carbocycles. The van der Waals surface area contributed by atoms with Crippen LogP contribution in [0.2, 0.25) is 0 Å². The van der Waals surface area contributed by atoms with E-state index in [0.29, 0.717) is 0 Å². The van der Waals surface area contributed by atoms with Crippen LogP contribution in [0.1, 0.15) is 0 Å². The van der Waals surface area contributed by atoms with Gasteiger partial charge in [-0.1, -0.05) is 127 Å². The summed E-state index contributed by atoms with van der Waals surface area (Å²) < 4.78 is 6.20. The molecule has 1 heterocycles. The van der Waals surface area contributed by atoms with Crippen molar-refractivity contribution in [2.75, 3.05) is 4.90 Å². The predicted molar refractivity (Wildman–Crippen MR) is 194 cm³/mol. The van der Waals surface area contributed by atoms with Crippen molar-refractivity contribution in [3.05, 3.63) is 176 Å². The van der Waals surface area contributed by atoms with Crippen LogP contribution in [0.3, 0.4) is 0 Å². The van der Waals surface area contributed by atoms with E-state index < -0.39 is 0 Å². The first-order valence-corrected chi connectivity index (χ1v) is 15.7. The van der Waals surface area contributed by atoms with Crippen molar-refractivity contribution in [3.63, 3.8) is 0 Å². The van der Waals surface area contributed by atoms with Gasteiger partial charge < -0.3 is 9.32 Å². The second-order valence-electron chi connectivity index (χ2n) is 11.8. The summed E-state index contributed by atoms with van der Waals surface area (Å²) in [5.41, 5.74) is 9.93. The van der Waals surface area contributed by atoms with Crippen LogP contribution >= 0.6 is 0 Å². The lowest BCUT2D eigenvalue weighted by atomic mass is 9.97. The number of fused-ring (bicyclic) bond motifs is 6. The van der Waals surface area contributed by atoms with Gasteiger partial charge in [-0.15, -0.1) is 0 Å². The maximum absolute atomic E-state index is 6.20. The molecule has 0 atom stereocenters. The number of furan rings is 1. The third kappa shape index (κ3) is 4.43. The zero-order chi connectivity index (χ0) is 30.5. The number of rotatable bonds is 5. The topological polar surface area (TPSA) is 16.4 Å². The highest BCUT2D eigenvalue weighted by Gasteiger charge is 2.18. The molecule has 0 unspecified atom stereocenters. The molecule has 0 amide bonds. The van der Waals surface area contributed by atoms with Crippen molar-refractivity contribution in [2.24, 2.45) is 0 Å². The average Bonchev–Trinajstić information content (AvgIpc) is 3.52. The number of nitrogens with zero attached hydrogens (tertiary/aromatic N) is 1. The molecular formula is C44H29NO. The molecule has 2 nitrogen and oxygen atoms in total. The summed E-state index contributed by atoms with van der Waals surface area (Å²) in [5.74, 6) is 0. The first-order valence-electron chi connectivity index (χ1n) is 15.7. The first-order chi connectivity index (χ1) is 22.8. The number of anilines is 3. The fraction of sp³-hybridized carbons (Fsp3) is 0. The quantitative estimate of drug-likeness (QED) is 0.199. The molecule has 2 heteroatoms. The van der Waals surface area contributed by atoms with Gasteiger partial charge in [-0.05, 0) is 86.8 Å². The van der Waals surface area contributed by atoms with Crippen molar-refractivity contribution in [2.45, 2.75) is 0 Å². The van der Waals surface area contributed by atoms with Crippen LogP contribution in [0.5, 0.6) is 0 Å². The molecule has 0 radical (unpaired) electrons. The summed E-state index contributed by atoms with van der Waals surface area (Å²) in [4.78, 5) is 2.38. The third-order valence-corrected chi connectivity index (χ3v) is 9.04. The number of hydrogen-bond acceptors (Lipinski definition) is 2. The molecule has 0 spiro atoms. The van der Waals surface area contributed by atoms with E-state index in [4.69, 9.17) is 4.42 Å². The standard InChI is InChI=1S/C44H29NO/c1-2-11-32(12-3-1)38-14-6-8-16-41(38)45(37-26-22-30-10-4-5-13-34(30)28-37)36-24-20-31(21-25-36)35-19-18-33-23-27-43-44(40(33)29-35)39-15-7-9-17-42(39)46-43/h1-29H. The number of hydrogen-bond donors (Lipinski definition) is 0. The Morgan fingerprint density at radius 3 is 1.93 bits per heavy atom. The Bertz CT molecular complexity index is 2530. The Labute approximate surface area is 267 Å². The molecule has 0 bridgehead atoms. The summed E-state index contributed by atoms with van der Waals surface area (Å²) in [5, 5.41) is 7.19. The summed E-state index contributed by atoms with van der Waals surface area (Å²) in [6, 6.07) is 62.8. The molecule has 9 aromatic rings. The van der Waals surface area contributed by atoms with Crippen LogP contribution in [-0.4, -0.2) is 0 Å². The number of benzene rings is 8. The van der Waals surface area contributed by atoms with Crippen molar-refractivity contribution in [1.82, 2.24) is 0 Å². The van der Waals surface area contributed by atoms with E-state index in [-0.39, 0.29) is 0 Å². The van der Waals surface area contributed by atoms with Gasteiger partial charge in [0.25, 0.3) is 0 Å². The lowest BCUT2D eigenvalue weighted by molar-refractivity contribution is 0.669. The van der Waals surface area contributed by atoms with E-state index in [9.17, 15) is 0 Å². The maximum atomic E-state index is 6.20. The van der Waals surface area contributed by atoms with E-state index in [1.165, 1.54) is 49.2 Å². The lowest BCUT2D eigenvalue weighted by Gasteiger charge is -2.28. The van der Waals surface area contributed by atoms with Gasteiger partial charge >= 0.3 is 0 Å². The van der Waals surface area contributed by atoms with Crippen LogP contribution in [0.4, 0.5) is 17.1 Å². The predicted octanol–water partition coefficient (Wildman–Crippen LogP) is 12.7. The minimum atomic E-state index is 0.921. The fourth-order valence-corrected chi connectivity index (χ4v) is 6.80. The van der Waals surface area contributed by atoms with Crippen LogP contribution in [-0.2, 0) is 0 Å². The van der Waals surface area contributed by atoms with E-state index >= 15 is 0 Å². The van der Waals surface area contributed by atoms with E-state index in [1.54, 1.807) is 0 Å². The normalized spacial score (nSPS) is 11.5. The maximum Gasteiger partial charge on any atom is 0.136 e. The molecule has 1 aromatic heterocycles. The molecule has 216 valence electrons. The van der Waals surface area contributed by atoms with Crippen molar-refractivity contribution in [3.8, 4) is 22.3 Å². The van der Waals surface area contributed by atoms with Gasteiger partial charge in [0.1, 0.15) is 11.2 Å². The molecule has 0 aliphatic carbocycles. The molecule has 0 N–H and O–H groups in total. The van der Waals surface area contributed by atoms with Crippen molar-refractivity contribution >= 4 is 60.5 Å². The Hall–Kier alpha value is -6.12. The fourth-order valence-electron chi connectivity index (χ4n) is 6.80. The van der Waals surface area contributed by atoms with Gasteiger partial charge in [-0.2, -0.15) is 0 Å². The van der Waals surface area contributed by atoms with Gasteiger partial charge in [-0.25, -0.2) is 0 Å². The largest absolute Gasteiger partial charge is 0.456 e. The molecular weight excluding hydrogens is 558 g/mol. The SMILES string of the molecule is c1ccc(-c2ccccc2N(c2ccc(-c3ccc4ccc5oc6ccccc6c5c4c3)cc2)c2ccc3ccccc3c2)cc1. The Morgan fingerprint density at radius 2 is 1.04 bits per heavy atom. The van der Waals surface area contributed by atoms with Crippen LogP contribution in [0, 0.1) is 0 Å². The zero-order valence-corrected chi connectivity index (χ0v) is 25.1. The summed E-state index contributed by atoms with van der Waals surface area (Å²) in [6.45, 7) is 0. The Balaban J connectivity index is 1.19. The van der Waals surface area contributed by atoms with Gasteiger partial charge in [0.05, 0.1) is 5.69 Å². The molecule has 0 saturated heterocycles. The molecule has 9 rings (SSSR count). The molecule has 0 aliphatic rings. The molecule has 0 aliphatic heterocycles. The lowest BCUT2D eigenvalue weighted by Crippen LogP contribution is -2.11. The molecule has 0 fully saturated rings. The monoisotopic (exact) mass is 587 g/mol. The smallest absolute Gasteiger partial charge is 0.136 e. The van der Waals surface area contributed by atoms with Crippen LogP contribution < -0.4 is 4.90 Å². The van der Waals surface area contributed by atoms with E-state index in [0.717, 1.165) is 33.6 Å². The summed E-state index contributed by atoms with van der Waals surface area (Å²) in [6.07, 6.45) is 0. The zero-order valence-electron chi connectivity index (χ0n) is 25.1. The third-order valence-electron chi connectivity index (χ3n) is 9.04. The van der Waals surface area contributed by atoms with Gasteiger partial charge in [0.2, 0.25) is 0 Å². The minimum Gasteiger partial charge on any atom is -0.456 e. The minimum absolute atomic E-state index is 0.921. The van der Waals surface area contributed by atoms with E-state index in [2.05, 4.69) is 169 Å². The number of para-hydroxylation sites is 2. The first kappa shape index (κ1) is 26.3. The molecule has 0 saturated carbocycles. The average molecular weight is 588 g/mol. The Morgan fingerprint density at radius 1 is 0.370 bits per heavy atom. The van der Waals surface area contributed by atoms with Gasteiger partial charge in [0.15, 0.2) is 0 Å². The highest BCUT2D eigenvalue weighted by molar-refractivity contribution is 6.19. The highest BCUT2D eigenvalue weighted by Crippen LogP contribution is 2.42. The van der Waals surface area contributed by atoms with E-state index in [1.807, 2.05) is 12.1 Å². The Kier molecular flexibility index (Phi) is 6.17. The van der Waals surface area contributed by atoms with Crippen LogP contribution in [0.15, 0.2) is 180 Å². The second kappa shape index (κ2) is 10.8. The molecule has 46 heavy (non-hydrogen) atoms. The highest BCUT2D eigenvalue weighted by atomic mass is 16.3.